The molecule has 0 unspecified atom stereocenters. The maximum atomic E-state index is 12.2. The van der Waals surface area contributed by atoms with Gasteiger partial charge in [-0.3, -0.25) is 9.36 Å². The van der Waals surface area contributed by atoms with Crippen LogP contribution in [0.2, 0.25) is 0 Å². The minimum absolute atomic E-state index is 0.0277. The number of nitrogens with zero attached hydrogens (tertiary/aromatic N) is 2. The molecule has 0 radical (unpaired) electrons. The van der Waals surface area contributed by atoms with Gasteiger partial charge in [-0.15, -0.1) is 5.10 Å². The summed E-state index contributed by atoms with van der Waals surface area (Å²) in [6.07, 6.45) is 2.63. The molecule has 0 spiro atoms. The standard InChI is InChI=1S/C19H26N4O5S/c1-26-15-6-5-13(10-16(15)27-2)7-8-20-17(24)12-29-19-22-21-18(25)23(19)11-14-4-3-9-28-14/h5-6,10,14H,3-4,7-9,11-12H2,1-2H3,(H,20,24)(H,21,25)/t14-/m0/s1. The van der Waals surface area contributed by atoms with Crippen molar-refractivity contribution in [3.63, 3.8) is 0 Å². The first kappa shape index (κ1) is 21.3. The van der Waals surface area contributed by atoms with Gasteiger partial charge < -0.3 is 19.5 Å². The smallest absolute Gasteiger partial charge is 0.344 e. The number of aromatic nitrogens is 3. The van der Waals surface area contributed by atoms with E-state index in [0.29, 0.717) is 36.2 Å². The molecule has 0 aliphatic carbocycles. The van der Waals surface area contributed by atoms with Crippen LogP contribution in [0.3, 0.4) is 0 Å². The molecule has 1 aromatic carbocycles. The lowest BCUT2D eigenvalue weighted by Crippen LogP contribution is -2.28. The summed E-state index contributed by atoms with van der Waals surface area (Å²) in [6.45, 7) is 1.68. The Balaban J connectivity index is 1.45. The average Bonchev–Trinajstić information content (AvgIpc) is 3.37. The number of nitrogens with one attached hydrogen (secondary N) is 2. The molecule has 1 amide bonds. The van der Waals surface area contributed by atoms with Crippen molar-refractivity contribution in [3.8, 4) is 11.5 Å². The summed E-state index contributed by atoms with van der Waals surface area (Å²) in [5.74, 6) is 1.40. The van der Waals surface area contributed by atoms with Crippen molar-refractivity contribution < 1.29 is 19.0 Å². The predicted molar refractivity (Wildman–Crippen MR) is 109 cm³/mol. The van der Waals surface area contributed by atoms with Gasteiger partial charge in [0.1, 0.15) is 0 Å². The van der Waals surface area contributed by atoms with Crippen LogP contribution in [0, 0.1) is 0 Å². The highest BCUT2D eigenvalue weighted by atomic mass is 32.2. The Morgan fingerprint density at radius 2 is 2.21 bits per heavy atom. The van der Waals surface area contributed by atoms with Crippen molar-refractivity contribution in [2.24, 2.45) is 0 Å². The van der Waals surface area contributed by atoms with E-state index in [1.165, 1.54) is 16.3 Å². The lowest BCUT2D eigenvalue weighted by Gasteiger charge is -2.11. The van der Waals surface area contributed by atoms with E-state index in [2.05, 4.69) is 15.5 Å². The summed E-state index contributed by atoms with van der Waals surface area (Å²) in [5.41, 5.74) is 0.755. The van der Waals surface area contributed by atoms with Crippen LogP contribution in [0.1, 0.15) is 18.4 Å². The first-order valence-electron chi connectivity index (χ1n) is 9.48. The van der Waals surface area contributed by atoms with Gasteiger partial charge in [0, 0.05) is 13.2 Å². The molecule has 1 aliphatic heterocycles. The number of benzene rings is 1. The van der Waals surface area contributed by atoms with Crippen molar-refractivity contribution in [1.29, 1.82) is 0 Å². The van der Waals surface area contributed by atoms with Crippen LogP contribution in [0.25, 0.3) is 0 Å². The molecule has 2 N–H and O–H groups in total. The predicted octanol–water partition coefficient (Wildman–Crippen LogP) is 1.22. The molecule has 0 bridgehead atoms. The van der Waals surface area contributed by atoms with E-state index < -0.39 is 0 Å². The molecule has 0 saturated carbocycles. The number of carbonyl (C=O) groups excluding carboxylic acids is 1. The van der Waals surface area contributed by atoms with E-state index in [-0.39, 0.29) is 23.5 Å². The van der Waals surface area contributed by atoms with Crippen molar-refractivity contribution >= 4 is 17.7 Å². The SMILES string of the molecule is COc1ccc(CCNC(=O)CSc2n[nH]c(=O)n2C[C@@H]2CCCO2)cc1OC. The Bertz CT molecular complexity index is 876. The van der Waals surface area contributed by atoms with Crippen LogP contribution < -0.4 is 20.5 Å². The molecule has 9 nitrogen and oxygen atoms in total. The van der Waals surface area contributed by atoms with Gasteiger partial charge in [0.25, 0.3) is 0 Å². The van der Waals surface area contributed by atoms with Crippen molar-refractivity contribution in [2.45, 2.75) is 37.1 Å². The number of thioether (sulfide) groups is 1. The molecule has 1 saturated heterocycles. The molecule has 29 heavy (non-hydrogen) atoms. The molecule has 2 heterocycles. The third kappa shape index (κ3) is 5.77. The van der Waals surface area contributed by atoms with Gasteiger partial charge in [-0.05, 0) is 37.0 Å². The number of hydrogen-bond donors (Lipinski definition) is 2. The van der Waals surface area contributed by atoms with Crippen LogP contribution in [-0.4, -0.2) is 59.9 Å². The number of carbonyl (C=O) groups is 1. The average molecular weight is 423 g/mol. The molecule has 10 heteroatoms. The summed E-state index contributed by atoms with van der Waals surface area (Å²) >= 11 is 1.23. The first-order chi connectivity index (χ1) is 14.1. The van der Waals surface area contributed by atoms with Gasteiger partial charge in [-0.2, -0.15) is 0 Å². The van der Waals surface area contributed by atoms with E-state index in [1.54, 1.807) is 14.2 Å². The summed E-state index contributed by atoms with van der Waals surface area (Å²) in [7, 11) is 3.18. The van der Waals surface area contributed by atoms with E-state index in [9.17, 15) is 9.59 Å². The van der Waals surface area contributed by atoms with Gasteiger partial charge >= 0.3 is 5.69 Å². The van der Waals surface area contributed by atoms with Gasteiger partial charge in [-0.25, -0.2) is 9.89 Å². The van der Waals surface area contributed by atoms with Gasteiger partial charge in [0.15, 0.2) is 16.7 Å². The number of amides is 1. The molecule has 1 aromatic heterocycles. The maximum absolute atomic E-state index is 12.2. The Kier molecular flexibility index (Phi) is 7.59. The number of rotatable bonds is 10. The molecule has 158 valence electrons. The molecule has 1 aliphatic rings. The fourth-order valence-electron chi connectivity index (χ4n) is 3.13. The maximum Gasteiger partial charge on any atom is 0.344 e. The zero-order chi connectivity index (χ0) is 20.6. The largest absolute Gasteiger partial charge is 0.493 e. The van der Waals surface area contributed by atoms with E-state index in [1.807, 2.05) is 18.2 Å². The zero-order valence-corrected chi connectivity index (χ0v) is 17.4. The Morgan fingerprint density at radius 1 is 1.38 bits per heavy atom. The van der Waals surface area contributed by atoms with Crippen LogP contribution in [0.5, 0.6) is 11.5 Å². The van der Waals surface area contributed by atoms with Crippen molar-refractivity contribution in [3.05, 3.63) is 34.2 Å². The molecular formula is C19H26N4O5S. The Morgan fingerprint density at radius 3 is 2.93 bits per heavy atom. The molecule has 1 fully saturated rings. The summed E-state index contributed by atoms with van der Waals surface area (Å²) in [4.78, 5) is 24.1. The van der Waals surface area contributed by atoms with E-state index in [0.717, 1.165) is 25.0 Å². The number of methoxy groups -OCH3 is 2. The fourth-order valence-corrected chi connectivity index (χ4v) is 3.92. The summed E-state index contributed by atoms with van der Waals surface area (Å²) in [5, 5.41) is 9.85. The minimum atomic E-state index is -0.281. The van der Waals surface area contributed by atoms with Gasteiger partial charge in [0.05, 0.1) is 32.6 Å². The van der Waals surface area contributed by atoms with Crippen LogP contribution in [-0.2, 0) is 22.5 Å². The highest BCUT2D eigenvalue weighted by Crippen LogP contribution is 2.27. The second-order valence-corrected chi connectivity index (χ2v) is 7.58. The van der Waals surface area contributed by atoms with E-state index in [4.69, 9.17) is 14.2 Å². The summed E-state index contributed by atoms with van der Waals surface area (Å²) in [6, 6.07) is 5.68. The fraction of sp³-hybridized carbons (Fsp3) is 0.526. The molecule has 2 aromatic rings. The van der Waals surface area contributed by atoms with E-state index >= 15 is 0 Å². The Labute approximate surface area is 173 Å². The second-order valence-electron chi connectivity index (χ2n) is 6.63. The van der Waals surface area contributed by atoms with Crippen molar-refractivity contribution in [1.82, 2.24) is 20.1 Å². The monoisotopic (exact) mass is 422 g/mol. The van der Waals surface area contributed by atoms with Crippen molar-refractivity contribution in [2.75, 3.05) is 33.1 Å². The zero-order valence-electron chi connectivity index (χ0n) is 16.6. The minimum Gasteiger partial charge on any atom is -0.493 e. The molecule has 3 rings (SSSR count). The number of ether oxygens (including phenoxy) is 3. The molecule has 1 atom stereocenters. The van der Waals surface area contributed by atoms with Crippen LogP contribution >= 0.6 is 11.8 Å². The lowest BCUT2D eigenvalue weighted by molar-refractivity contribution is -0.118. The number of H-pyrrole nitrogens is 1. The van der Waals surface area contributed by atoms with Gasteiger partial charge in [-0.1, -0.05) is 17.8 Å². The van der Waals surface area contributed by atoms with Crippen LogP contribution in [0.4, 0.5) is 0 Å². The molecular weight excluding hydrogens is 396 g/mol. The summed E-state index contributed by atoms with van der Waals surface area (Å²) < 4.78 is 17.6. The number of aromatic amines is 1. The highest BCUT2D eigenvalue weighted by Gasteiger charge is 2.20. The highest BCUT2D eigenvalue weighted by molar-refractivity contribution is 7.99. The first-order valence-corrected chi connectivity index (χ1v) is 10.5. The van der Waals surface area contributed by atoms with Crippen LogP contribution in [0.15, 0.2) is 28.2 Å². The number of hydrogen-bond acceptors (Lipinski definition) is 7. The third-order valence-corrected chi connectivity index (χ3v) is 5.63. The lowest BCUT2D eigenvalue weighted by atomic mass is 10.1. The quantitative estimate of drug-likeness (QED) is 0.554. The second kappa shape index (κ2) is 10.4. The topological polar surface area (TPSA) is 107 Å². The Hall–Kier alpha value is -2.46. The van der Waals surface area contributed by atoms with Gasteiger partial charge in [0.2, 0.25) is 5.91 Å². The normalized spacial score (nSPS) is 16.0. The third-order valence-electron chi connectivity index (χ3n) is 4.65.